The summed E-state index contributed by atoms with van der Waals surface area (Å²) in [7, 11) is 0. The molecular weight excluding hydrogens is 344 g/mol. The zero-order chi connectivity index (χ0) is 19.4. The number of carboxylic acid groups (broad SMARTS) is 1. The first-order valence-electron chi connectivity index (χ1n) is 10.2. The molecule has 0 amide bonds. The fourth-order valence-electron chi connectivity index (χ4n) is 6.83. The molecule has 0 unspecified atom stereocenters. The molecule has 0 bridgehead atoms. The Kier molecular flexibility index (Phi) is 4.30. The Morgan fingerprint density at radius 3 is 2.70 bits per heavy atom. The molecule has 4 aliphatic rings. The lowest BCUT2D eigenvalue weighted by atomic mass is 9.48. The molecule has 0 aromatic carbocycles. The van der Waals surface area contributed by atoms with Crippen molar-refractivity contribution in [3.8, 4) is 0 Å². The molecule has 0 aliphatic heterocycles. The van der Waals surface area contributed by atoms with Gasteiger partial charge in [-0.2, -0.15) is 0 Å². The molecule has 0 aromatic heterocycles. The normalized spacial score (nSPS) is 45.5. The van der Waals surface area contributed by atoms with Gasteiger partial charge in [0.15, 0.2) is 5.78 Å². The van der Waals surface area contributed by atoms with Gasteiger partial charge in [-0.15, -0.1) is 0 Å². The Morgan fingerprint density at radius 2 is 1.96 bits per heavy atom. The Hall–Kier alpha value is -1.62. The highest BCUT2D eigenvalue weighted by Crippen LogP contribution is 2.66. The summed E-state index contributed by atoms with van der Waals surface area (Å²) in [5.41, 5.74) is 0.155. The molecule has 5 nitrogen and oxygen atoms in total. The lowest BCUT2D eigenvalue weighted by molar-refractivity contribution is -0.125. The van der Waals surface area contributed by atoms with Crippen LogP contribution in [0.4, 0.5) is 4.79 Å². The largest absolute Gasteiger partial charge is 0.505 e. The van der Waals surface area contributed by atoms with Crippen molar-refractivity contribution >= 4 is 11.9 Å². The van der Waals surface area contributed by atoms with E-state index in [2.05, 4.69) is 26.0 Å². The Labute approximate surface area is 160 Å². The highest BCUT2D eigenvalue weighted by molar-refractivity contribution is 5.92. The molecule has 5 heteroatoms. The molecule has 2 saturated carbocycles. The van der Waals surface area contributed by atoms with Gasteiger partial charge in [0.05, 0.1) is 12.2 Å². The van der Waals surface area contributed by atoms with Crippen LogP contribution in [-0.4, -0.2) is 34.4 Å². The number of carbonyl (C=O) groups excluding carboxylic acids is 1. The Bertz CT molecular complexity index is 724. The van der Waals surface area contributed by atoms with Crippen LogP contribution in [0.5, 0.6) is 0 Å². The molecule has 2 fully saturated rings. The van der Waals surface area contributed by atoms with Crippen molar-refractivity contribution in [2.45, 2.75) is 64.4 Å². The number of allylic oxidation sites excluding steroid dienone is 4. The Morgan fingerprint density at radius 1 is 1.22 bits per heavy atom. The molecule has 0 heterocycles. The van der Waals surface area contributed by atoms with E-state index >= 15 is 0 Å². The highest BCUT2D eigenvalue weighted by Gasteiger charge is 2.63. The van der Waals surface area contributed by atoms with Gasteiger partial charge in [-0.05, 0) is 72.3 Å². The maximum absolute atomic E-state index is 11.9. The summed E-state index contributed by atoms with van der Waals surface area (Å²) >= 11 is 0. The summed E-state index contributed by atoms with van der Waals surface area (Å²) in [4.78, 5) is 22.6. The molecule has 4 rings (SSSR count). The van der Waals surface area contributed by atoms with Crippen LogP contribution in [0.25, 0.3) is 0 Å². The third-order valence-corrected chi connectivity index (χ3v) is 8.58. The van der Waals surface area contributed by atoms with Crippen molar-refractivity contribution in [3.63, 3.8) is 0 Å². The van der Waals surface area contributed by atoms with Gasteiger partial charge in [-0.25, -0.2) is 4.79 Å². The van der Waals surface area contributed by atoms with Crippen molar-refractivity contribution in [2.75, 3.05) is 6.61 Å². The first-order valence-corrected chi connectivity index (χ1v) is 10.2. The van der Waals surface area contributed by atoms with Crippen LogP contribution in [0, 0.1) is 28.6 Å². The average Bonchev–Trinajstić information content (AvgIpc) is 2.87. The van der Waals surface area contributed by atoms with E-state index in [1.54, 1.807) is 0 Å². The van der Waals surface area contributed by atoms with Crippen LogP contribution in [0.1, 0.15) is 58.8 Å². The van der Waals surface area contributed by atoms with Gasteiger partial charge >= 0.3 is 6.16 Å². The maximum Gasteiger partial charge on any atom is 0.505 e. The SMILES string of the molecule is C[C@]12CCC(=O)C=C1C=C[C@@H]1[C@@H]2CC[C@@]2(C)[C@H]1CC[C@@]2(O)CCOC(=O)O. The number of carbonyl (C=O) groups is 2. The minimum Gasteiger partial charge on any atom is -0.450 e. The quantitative estimate of drug-likeness (QED) is 0.726. The lowest BCUT2D eigenvalue weighted by Crippen LogP contribution is -2.54. The van der Waals surface area contributed by atoms with E-state index in [0.29, 0.717) is 37.0 Å². The van der Waals surface area contributed by atoms with E-state index in [-0.39, 0.29) is 23.2 Å². The van der Waals surface area contributed by atoms with Crippen LogP contribution in [-0.2, 0) is 9.53 Å². The highest BCUT2D eigenvalue weighted by atomic mass is 16.7. The topological polar surface area (TPSA) is 83.8 Å². The van der Waals surface area contributed by atoms with Crippen molar-refractivity contribution in [3.05, 3.63) is 23.8 Å². The standard InChI is InChI=1S/C22H30O5/c1-20-8-5-15(23)13-14(20)3-4-16-17(20)6-9-21(2)18(16)7-10-22(21,26)11-12-27-19(24)25/h3-4,13,16-18,26H,5-12H2,1-2H3,(H,24,25)/t16-,17+,18+,20+,21+,22-/m1/s1. The summed E-state index contributed by atoms with van der Waals surface area (Å²) in [5, 5.41) is 20.2. The smallest absolute Gasteiger partial charge is 0.450 e. The zero-order valence-corrected chi connectivity index (χ0v) is 16.2. The second-order valence-corrected chi connectivity index (χ2v) is 9.52. The van der Waals surface area contributed by atoms with E-state index < -0.39 is 11.8 Å². The number of fused-ring (bicyclic) bond motifs is 5. The number of hydrogen-bond donors (Lipinski definition) is 2. The van der Waals surface area contributed by atoms with Gasteiger partial charge in [0.25, 0.3) is 0 Å². The molecule has 0 saturated heterocycles. The number of aliphatic hydroxyl groups is 1. The summed E-state index contributed by atoms with van der Waals surface area (Å²) in [6.45, 7) is 4.55. The number of rotatable bonds is 3. The predicted molar refractivity (Wildman–Crippen MR) is 100 cm³/mol. The van der Waals surface area contributed by atoms with Crippen LogP contribution in [0.2, 0.25) is 0 Å². The second kappa shape index (κ2) is 6.20. The second-order valence-electron chi connectivity index (χ2n) is 9.52. The Balaban J connectivity index is 1.60. The minimum absolute atomic E-state index is 0.0464. The lowest BCUT2D eigenvalue weighted by Gasteiger charge is -2.57. The van der Waals surface area contributed by atoms with Gasteiger partial charge in [0.1, 0.15) is 0 Å². The van der Waals surface area contributed by atoms with E-state index in [4.69, 9.17) is 9.84 Å². The predicted octanol–water partition coefficient (Wildman–Crippen LogP) is 4.11. The summed E-state index contributed by atoms with van der Waals surface area (Å²) in [6, 6.07) is 0. The van der Waals surface area contributed by atoms with Gasteiger partial charge in [0, 0.05) is 12.8 Å². The van der Waals surface area contributed by atoms with Crippen molar-refractivity contribution in [2.24, 2.45) is 28.6 Å². The average molecular weight is 374 g/mol. The van der Waals surface area contributed by atoms with Gasteiger partial charge in [-0.1, -0.05) is 26.0 Å². The van der Waals surface area contributed by atoms with Gasteiger partial charge < -0.3 is 14.9 Å². The van der Waals surface area contributed by atoms with E-state index in [1.165, 1.54) is 5.57 Å². The van der Waals surface area contributed by atoms with E-state index in [0.717, 1.165) is 25.7 Å². The molecule has 6 atom stereocenters. The first-order chi connectivity index (χ1) is 12.7. The van der Waals surface area contributed by atoms with Gasteiger partial charge in [-0.3, -0.25) is 4.79 Å². The fraction of sp³-hybridized carbons (Fsp3) is 0.727. The number of ketones is 1. The third kappa shape index (κ3) is 2.69. The maximum atomic E-state index is 11.9. The van der Waals surface area contributed by atoms with Crippen LogP contribution < -0.4 is 0 Å². The molecule has 27 heavy (non-hydrogen) atoms. The third-order valence-electron chi connectivity index (χ3n) is 8.58. The summed E-state index contributed by atoms with van der Waals surface area (Å²) in [5.74, 6) is 1.55. The van der Waals surface area contributed by atoms with Crippen LogP contribution >= 0.6 is 0 Å². The summed E-state index contributed by atoms with van der Waals surface area (Å²) in [6.07, 6.45) is 10.6. The van der Waals surface area contributed by atoms with Crippen molar-refractivity contribution in [1.82, 2.24) is 0 Å². The summed E-state index contributed by atoms with van der Waals surface area (Å²) < 4.78 is 4.70. The molecule has 0 aromatic rings. The molecular formula is C22H30O5. The number of hydrogen-bond acceptors (Lipinski definition) is 4. The van der Waals surface area contributed by atoms with E-state index in [9.17, 15) is 14.7 Å². The van der Waals surface area contributed by atoms with Crippen molar-refractivity contribution < 1.29 is 24.5 Å². The van der Waals surface area contributed by atoms with Crippen LogP contribution in [0.15, 0.2) is 23.8 Å². The van der Waals surface area contributed by atoms with E-state index in [1.807, 2.05) is 6.08 Å². The van der Waals surface area contributed by atoms with Crippen molar-refractivity contribution in [1.29, 1.82) is 0 Å². The molecule has 0 spiro atoms. The number of ether oxygens (including phenoxy) is 1. The molecule has 148 valence electrons. The monoisotopic (exact) mass is 374 g/mol. The minimum atomic E-state index is -1.28. The zero-order valence-electron chi connectivity index (χ0n) is 16.2. The molecule has 0 radical (unpaired) electrons. The van der Waals surface area contributed by atoms with Crippen LogP contribution in [0.3, 0.4) is 0 Å². The molecule has 2 N–H and O–H groups in total. The van der Waals surface area contributed by atoms with Gasteiger partial charge in [0.2, 0.25) is 0 Å². The molecule has 4 aliphatic carbocycles. The first kappa shape index (κ1) is 18.7. The fourth-order valence-corrected chi connectivity index (χ4v) is 6.83.